The summed E-state index contributed by atoms with van der Waals surface area (Å²) in [6.45, 7) is 2.33. The van der Waals surface area contributed by atoms with Crippen LogP contribution in [0.1, 0.15) is 30.4 Å². The van der Waals surface area contributed by atoms with Gasteiger partial charge >= 0.3 is 5.97 Å². The van der Waals surface area contributed by atoms with Gasteiger partial charge in [0.2, 0.25) is 5.91 Å². The standard InChI is InChI=1S/C21H23NO5/c1-14(21(24)25)22-12-17(11-20(22)23)16-8-9-18(26-2)19(10-16)27-13-15-6-4-3-5-7-15/h3-10,14,17H,11-13H2,1-2H3,(H,24,25). The fourth-order valence-corrected chi connectivity index (χ4v) is 3.26. The van der Waals surface area contributed by atoms with Gasteiger partial charge < -0.3 is 19.5 Å². The van der Waals surface area contributed by atoms with E-state index >= 15 is 0 Å². The minimum absolute atomic E-state index is 0.0655. The number of ether oxygens (including phenoxy) is 2. The third-order valence-electron chi connectivity index (χ3n) is 4.88. The highest BCUT2D eigenvalue weighted by Gasteiger charge is 2.36. The Morgan fingerprint density at radius 2 is 1.96 bits per heavy atom. The number of aliphatic carboxylic acids is 1. The molecule has 0 saturated carbocycles. The highest BCUT2D eigenvalue weighted by Crippen LogP contribution is 2.35. The number of nitrogens with zero attached hydrogens (tertiary/aromatic N) is 1. The molecule has 0 aliphatic carbocycles. The summed E-state index contributed by atoms with van der Waals surface area (Å²) in [5.41, 5.74) is 1.98. The molecule has 1 amide bonds. The zero-order chi connectivity index (χ0) is 19.4. The number of likely N-dealkylation sites (tertiary alicyclic amines) is 1. The van der Waals surface area contributed by atoms with E-state index in [2.05, 4.69) is 0 Å². The quantitative estimate of drug-likeness (QED) is 0.812. The fourth-order valence-electron chi connectivity index (χ4n) is 3.26. The molecule has 1 N–H and O–H groups in total. The number of benzene rings is 2. The molecule has 3 rings (SSSR count). The molecule has 2 aromatic rings. The second-order valence-corrected chi connectivity index (χ2v) is 6.65. The van der Waals surface area contributed by atoms with Crippen LogP contribution in [0.4, 0.5) is 0 Å². The van der Waals surface area contributed by atoms with Crippen molar-refractivity contribution in [2.45, 2.75) is 31.9 Å². The van der Waals surface area contributed by atoms with Crippen molar-refractivity contribution in [2.75, 3.05) is 13.7 Å². The van der Waals surface area contributed by atoms with Crippen molar-refractivity contribution < 1.29 is 24.2 Å². The van der Waals surface area contributed by atoms with Gasteiger partial charge in [-0.3, -0.25) is 4.79 Å². The zero-order valence-corrected chi connectivity index (χ0v) is 15.4. The molecule has 1 heterocycles. The predicted molar refractivity (Wildman–Crippen MR) is 99.9 cm³/mol. The van der Waals surface area contributed by atoms with E-state index in [1.807, 2.05) is 48.5 Å². The van der Waals surface area contributed by atoms with E-state index in [1.54, 1.807) is 7.11 Å². The van der Waals surface area contributed by atoms with Gasteiger partial charge in [0.1, 0.15) is 12.6 Å². The molecule has 1 fully saturated rings. The molecule has 0 radical (unpaired) electrons. The minimum atomic E-state index is -0.995. The lowest BCUT2D eigenvalue weighted by Gasteiger charge is -2.21. The van der Waals surface area contributed by atoms with Crippen LogP contribution in [-0.2, 0) is 16.2 Å². The molecular weight excluding hydrogens is 346 g/mol. The third kappa shape index (κ3) is 4.22. The Labute approximate surface area is 158 Å². The summed E-state index contributed by atoms with van der Waals surface area (Å²) >= 11 is 0. The molecule has 2 aromatic carbocycles. The molecule has 1 aliphatic heterocycles. The Hall–Kier alpha value is -3.02. The van der Waals surface area contributed by atoms with Crippen molar-refractivity contribution in [3.63, 3.8) is 0 Å². The molecule has 2 unspecified atom stereocenters. The lowest BCUT2D eigenvalue weighted by atomic mass is 9.98. The van der Waals surface area contributed by atoms with Crippen molar-refractivity contribution >= 4 is 11.9 Å². The molecule has 0 spiro atoms. The minimum Gasteiger partial charge on any atom is -0.493 e. The molecule has 142 valence electrons. The second-order valence-electron chi connectivity index (χ2n) is 6.65. The van der Waals surface area contributed by atoms with Gasteiger partial charge in [-0.05, 0) is 30.2 Å². The van der Waals surface area contributed by atoms with E-state index in [-0.39, 0.29) is 11.8 Å². The largest absolute Gasteiger partial charge is 0.493 e. The molecule has 0 bridgehead atoms. The topological polar surface area (TPSA) is 76.1 Å². The smallest absolute Gasteiger partial charge is 0.326 e. The van der Waals surface area contributed by atoms with Gasteiger partial charge in [-0.15, -0.1) is 0 Å². The van der Waals surface area contributed by atoms with Crippen molar-refractivity contribution in [2.24, 2.45) is 0 Å². The third-order valence-corrected chi connectivity index (χ3v) is 4.88. The number of carboxylic acid groups (broad SMARTS) is 1. The fraction of sp³-hybridized carbons (Fsp3) is 0.333. The van der Waals surface area contributed by atoms with Crippen LogP contribution in [0, 0.1) is 0 Å². The Morgan fingerprint density at radius 3 is 2.63 bits per heavy atom. The maximum Gasteiger partial charge on any atom is 0.326 e. The summed E-state index contributed by atoms with van der Waals surface area (Å²) < 4.78 is 11.3. The molecule has 0 aromatic heterocycles. The Morgan fingerprint density at radius 1 is 1.22 bits per heavy atom. The van der Waals surface area contributed by atoms with Gasteiger partial charge in [0, 0.05) is 18.9 Å². The number of carbonyl (C=O) groups excluding carboxylic acids is 1. The van der Waals surface area contributed by atoms with Crippen LogP contribution in [0.15, 0.2) is 48.5 Å². The first-order chi connectivity index (χ1) is 13.0. The molecule has 1 saturated heterocycles. The number of hydrogen-bond acceptors (Lipinski definition) is 4. The van der Waals surface area contributed by atoms with Gasteiger partial charge in [0.25, 0.3) is 0 Å². The van der Waals surface area contributed by atoms with E-state index in [1.165, 1.54) is 11.8 Å². The lowest BCUT2D eigenvalue weighted by Crippen LogP contribution is -2.39. The van der Waals surface area contributed by atoms with E-state index < -0.39 is 12.0 Å². The van der Waals surface area contributed by atoms with Crippen LogP contribution in [-0.4, -0.2) is 41.6 Å². The molecule has 2 atom stereocenters. The van der Waals surface area contributed by atoms with Crippen molar-refractivity contribution in [1.82, 2.24) is 4.90 Å². The summed E-state index contributed by atoms with van der Waals surface area (Å²) in [5.74, 6) is 0.0261. The second kappa shape index (κ2) is 8.12. The Bertz CT molecular complexity index is 821. The first-order valence-electron chi connectivity index (χ1n) is 8.86. The van der Waals surface area contributed by atoms with Crippen LogP contribution in [0.2, 0.25) is 0 Å². The number of hydrogen-bond donors (Lipinski definition) is 1. The predicted octanol–water partition coefficient (Wildman–Crippen LogP) is 3.06. The average molecular weight is 369 g/mol. The maximum absolute atomic E-state index is 12.2. The lowest BCUT2D eigenvalue weighted by molar-refractivity contribution is -0.147. The maximum atomic E-state index is 12.2. The van der Waals surface area contributed by atoms with E-state index in [9.17, 15) is 14.7 Å². The molecule has 1 aliphatic rings. The van der Waals surface area contributed by atoms with Crippen molar-refractivity contribution in [3.8, 4) is 11.5 Å². The van der Waals surface area contributed by atoms with Crippen LogP contribution < -0.4 is 9.47 Å². The van der Waals surface area contributed by atoms with Crippen LogP contribution in [0.5, 0.6) is 11.5 Å². The zero-order valence-electron chi connectivity index (χ0n) is 15.4. The summed E-state index contributed by atoms with van der Waals surface area (Å²) in [6, 6.07) is 14.6. The van der Waals surface area contributed by atoms with E-state index in [4.69, 9.17) is 9.47 Å². The van der Waals surface area contributed by atoms with Crippen molar-refractivity contribution in [1.29, 1.82) is 0 Å². The summed E-state index contributed by atoms with van der Waals surface area (Å²) in [7, 11) is 1.58. The number of amides is 1. The van der Waals surface area contributed by atoms with Gasteiger partial charge in [-0.1, -0.05) is 36.4 Å². The van der Waals surface area contributed by atoms with Crippen LogP contribution in [0.25, 0.3) is 0 Å². The number of methoxy groups -OCH3 is 1. The monoisotopic (exact) mass is 369 g/mol. The van der Waals surface area contributed by atoms with E-state index in [0.717, 1.165) is 11.1 Å². The highest BCUT2D eigenvalue weighted by molar-refractivity contribution is 5.85. The first-order valence-corrected chi connectivity index (χ1v) is 8.86. The highest BCUT2D eigenvalue weighted by atomic mass is 16.5. The molecule has 6 nitrogen and oxygen atoms in total. The Balaban J connectivity index is 1.77. The summed E-state index contributed by atoms with van der Waals surface area (Å²) in [6.07, 6.45) is 0.294. The van der Waals surface area contributed by atoms with Gasteiger partial charge in [-0.25, -0.2) is 4.79 Å². The number of rotatable bonds is 7. The summed E-state index contributed by atoms with van der Waals surface area (Å²) in [5, 5.41) is 9.18. The SMILES string of the molecule is COc1ccc(C2CC(=O)N(C(C)C(=O)O)C2)cc1OCc1ccccc1. The van der Waals surface area contributed by atoms with Crippen molar-refractivity contribution in [3.05, 3.63) is 59.7 Å². The van der Waals surface area contributed by atoms with Gasteiger partial charge in [-0.2, -0.15) is 0 Å². The Kier molecular flexibility index (Phi) is 5.64. The number of carboxylic acids is 1. The first kappa shape index (κ1) is 18.8. The van der Waals surface area contributed by atoms with Gasteiger partial charge in [0.15, 0.2) is 11.5 Å². The van der Waals surface area contributed by atoms with E-state index in [0.29, 0.717) is 31.1 Å². The molecular formula is C21H23NO5. The molecule has 6 heteroatoms. The molecule has 27 heavy (non-hydrogen) atoms. The van der Waals surface area contributed by atoms with Crippen LogP contribution >= 0.6 is 0 Å². The van der Waals surface area contributed by atoms with Crippen LogP contribution in [0.3, 0.4) is 0 Å². The average Bonchev–Trinajstić information content (AvgIpc) is 3.07. The summed E-state index contributed by atoms with van der Waals surface area (Å²) in [4.78, 5) is 24.8. The normalized spacial score (nSPS) is 17.6. The van der Waals surface area contributed by atoms with Gasteiger partial charge in [0.05, 0.1) is 7.11 Å². The number of carbonyl (C=O) groups is 2.